The van der Waals surface area contributed by atoms with Gasteiger partial charge in [0, 0.05) is 4.47 Å². The number of halogens is 2. The van der Waals surface area contributed by atoms with Crippen molar-refractivity contribution >= 4 is 31.6 Å². The Balaban J connectivity index is 2.01. The normalized spacial score (nSPS) is 11.5. The van der Waals surface area contributed by atoms with Crippen LogP contribution in [0.5, 0.6) is 0 Å². The first-order valence-corrected chi connectivity index (χ1v) is 8.98. The van der Waals surface area contributed by atoms with Gasteiger partial charge in [-0.1, -0.05) is 12.1 Å². The highest BCUT2D eigenvalue weighted by molar-refractivity contribution is 9.10. The molecule has 0 amide bonds. The predicted molar refractivity (Wildman–Crippen MR) is 88.8 cm³/mol. The number of nitrogens with one attached hydrogen (secondary N) is 1. The highest BCUT2D eigenvalue weighted by Crippen LogP contribution is 2.26. The van der Waals surface area contributed by atoms with Crippen molar-refractivity contribution in [2.75, 3.05) is 4.72 Å². The smallest absolute Gasteiger partial charge is 0.263 e. The second kappa shape index (κ2) is 6.29. The number of rotatable bonds is 4. The largest absolute Gasteiger partial charge is 0.277 e. The van der Waals surface area contributed by atoms with Gasteiger partial charge in [0.05, 0.1) is 11.4 Å². The Bertz CT molecular complexity index is 1010. The van der Waals surface area contributed by atoms with Crippen LogP contribution in [0, 0.1) is 12.7 Å². The SMILES string of the molecule is Cc1nnnn1-c1ccc(F)c(NS(=O)(=O)c2ccccc2Br)c1. The lowest BCUT2D eigenvalue weighted by Gasteiger charge is -2.11. The lowest BCUT2D eigenvalue weighted by atomic mass is 10.2. The second-order valence-electron chi connectivity index (χ2n) is 4.84. The molecule has 124 valence electrons. The first-order chi connectivity index (χ1) is 11.4. The number of anilines is 1. The van der Waals surface area contributed by atoms with Crippen molar-refractivity contribution in [1.29, 1.82) is 0 Å². The molecule has 3 aromatic rings. The molecule has 0 saturated heterocycles. The number of benzene rings is 2. The van der Waals surface area contributed by atoms with E-state index in [0.717, 1.165) is 6.07 Å². The Hall–Kier alpha value is -2.33. The molecule has 0 aliphatic carbocycles. The molecule has 0 saturated carbocycles. The van der Waals surface area contributed by atoms with Crippen molar-refractivity contribution in [3.8, 4) is 5.69 Å². The lowest BCUT2D eigenvalue weighted by Crippen LogP contribution is -2.15. The molecular formula is C14H11BrFN5O2S. The van der Waals surface area contributed by atoms with E-state index in [2.05, 4.69) is 36.2 Å². The van der Waals surface area contributed by atoms with Gasteiger partial charge in [0.2, 0.25) is 0 Å². The first-order valence-electron chi connectivity index (χ1n) is 6.71. The number of tetrazole rings is 1. The molecule has 0 radical (unpaired) electrons. The van der Waals surface area contributed by atoms with Crippen LogP contribution < -0.4 is 4.72 Å². The average molecular weight is 412 g/mol. The van der Waals surface area contributed by atoms with E-state index in [1.165, 1.54) is 22.9 Å². The van der Waals surface area contributed by atoms with Gasteiger partial charge in [-0.25, -0.2) is 12.8 Å². The highest BCUT2D eigenvalue weighted by Gasteiger charge is 2.19. The summed E-state index contributed by atoms with van der Waals surface area (Å²) < 4.78 is 43.0. The Morgan fingerprint density at radius 1 is 1.21 bits per heavy atom. The molecule has 0 aliphatic heterocycles. The van der Waals surface area contributed by atoms with Crippen LogP contribution >= 0.6 is 15.9 Å². The lowest BCUT2D eigenvalue weighted by molar-refractivity contribution is 0.598. The molecule has 24 heavy (non-hydrogen) atoms. The van der Waals surface area contributed by atoms with Gasteiger partial charge >= 0.3 is 0 Å². The molecule has 0 fully saturated rings. The van der Waals surface area contributed by atoms with E-state index >= 15 is 0 Å². The molecular weight excluding hydrogens is 401 g/mol. The van der Waals surface area contributed by atoms with Gasteiger partial charge in [0.25, 0.3) is 10.0 Å². The fraction of sp³-hybridized carbons (Fsp3) is 0.0714. The van der Waals surface area contributed by atoms with Crippen molar-refractivity contribution in [3.05, 3.63) is 58.6 Å². The summed E-state index contributed by atoms with van der Waals surface area (Å²) in [5.41, 5.74) is 0.238. The molecule has 1 aromatic heterocycles. The van der Waals surface area contributed by atoms with Gasteiger partial charge in [-0.15, -0.1) is 5.10 Å². The van der Waals surface area contributed by atoms with Gasteiger partial charge in [-0.05, 0) is 63.6 Å². The zero-order chi connectivity index (χ0) is 17.3. The van der Waals surface area contributed by atoms with Crippen molar-refractivity contribution in [2.45, 2.75) is 11.8 Å². The van der Waals surface area contributed by atoms with E-state index in [0.29, 0.717) is 16.0 Å². The third-order valence-corrected chi connectivity index (χ3v) is 5.57. The van der Waals surface area contributed by atoms with Crippen LogP contribution in [0.3, 0.4) is 0 Å². The van der Waals surface area contributed by atoms with Gasteiger partial charge in [0.15, 0.2) is 5.82 Å². The summed E-state index contributed by atoms with van der Waals surface area (Å²) in [6.45, 7) is 1.67. The van der Waals surface area contributed by atoms with E-state index in [1.807, 2.05) is 0 Å². The minimum absolute atomic E-state index is 0.00778. The highest BCUT2D eigenvalue weighted by atomic mass is 79.9. The summed E-state index contributed by atoms with van der Waals surface area (Å²) in [5, 5.41) is 11.0. The Labute approximate surface area is 145 Å². The summed E-state index contributed by atoms with van der Waals surface area (Å²) in [4.78, 5) is 0.00778. The standard InChI is InChI=1S/C14H11BrFN5O2S/c1-9-17-19-20-21(9)10-6-7-12(16)13(8-10)18-24(22,23)14-5-3-2-4-11(14)15/h2-8,18H,1H3. The average Bonchev–Trinajstić information content (AvgIpc) is 2.96. The van der Waals surface area contributed by atoms with Crippen LogP contribution in [-0.2, 0) is 10.0 Å². The van der Waals surface area contributed by atoms with Gasteiger partial charge < -0.3 is 0 Å². The molecule has 0 spiro atoms. The number of hydrogen-bond donors (Lipinski definition) is 1. The van der Waals surface area contributed by atoms with Gasteiger partial charge in [0.1, 0.15) is 10.7 Å². The van der Waals surface area contributed by atoms with Gasteiger partial charge in [-0.3, -0.25) is 4.72 Å². The monoisotopic (exact) mass is 411 g/mol. The van der Waals surface area contributed by atoms with Crippen LogP contribution in [0.4, 0.5) is 10.1 Å². The van der Waals surface area contributed by atoms with Crippen molar-refractivity contribution in [3.63, 3.8) is 0 Å². The molecule has 1 N–H and O–H groups in total. The van der Waals surface area contributed by atoms with Gasteiger partial charge in [-0.2, -0.15) is 4.68 Å². The van der Waals surface area contributed by atoms with Crippen LogP contribution in [0.1, 0.15) is 5.82 Å². The molecule has 0 aliphatic rings. The van der Waals surface area contributed by atoms with E-state index in [-0.39, 0.29) is 10.6 Å². The third kappa shape index (κ3) is 3.15. The second-order valence-corrected chi connectivity index (χ2v) is 7.34. The Morgan fingerprint density at radius 2 is 1.96 bits per heavy atom. The van der Waals surface area contributed by atoms with Crippen molar-refractivity contribution in [1.82, 2.24) is 20.2 Å². The van der Waals surface area contributed by atoms with Crippen molar-refractivity contribution in [2.24, 2.45) is 0 Å². The Morgan fingerprint density at radius 3 is 2.62 bits per heavy atom. The zero-order valence-electron chi connectivity index (χ0n) is 12.3. The zero-order valence-corrected chi connectivity index (χ0v) is 14.7. The maximum absolute atomic E-state index is 14.1. The van der Waals surface area contributed by atoms with Crippen LogP contribution in [-0.4, -0.2) is 28.6 Å². The first kappa shape index (κ1) is 16.5. The van der Waals surface area contributed by atoms with Crippen LogP contribution in [0.2, 0.25) is 0 Å². The summed E-state index contributed by atoms with van der Waals surface area (Å²) in [6, 6.07) is 10.2. The van der Waals surface area contributed by atoms with E-state index in [1.54, 1.807) is 25.1 Å². The Kier molecular flexibility index (Phi) is 4.33. The topological polar surface area (TPSA) is 89.8 Å². The molecule has 3 rings (SSSR count). The van der Waals surface area contributed by atoms with Crippen LogP contribution in [0.15, 0.2) is 51.8 Å². The van der Waals surface area contributed by atoms with Crippen LogP contribution in [0.25, 0.3) is 5.69 Å². The fourth-order valence-corrected chi connectivity index (χ4v) is 4.12. The maximum atomic E-state index is 14.1. The molecule has 2 aromatic carbocycles. The molecule has 7 nitrogen and oxygen atoms in total. The number of sulfonamides is 1. The summed E-state index contributed by atoms with van der Waals surface area (Å²) >= 11 is 3.18. The fourth-order valence-electron chi connectivity index (χ4n) is 2.06. The number of hydrogen-bond acceptors (Lipinski definition) is 5. The summed E-state index contributed by atoms with van der Waals surface area (Å²) in [5.74, 6) is -0.221. The summed E-state index contributed by atoms with van der Waals surface area (Å²) in [6.07, 6.45) is 0. The minimum Gasteiger partial charge on any atom is -0.277 e. The maximum Gasteiger partial charge on any atom is 0.263 e. The number of aromatic nitrogens is 4. The third-order valence-electron chi connectivity index (χ3n) is 3.19. The predicted octanol–water partition coefficient (Wildman–Crippen LogP) is 2.67. The molecule has 0 unspecified atom stereocenters. The summed E-state index contributed by atoms with van der Waals surface area (Å²) in [7, 11) is -3.96. The number of aryl methyl sites for hydroxylation is 1. The van der Waals surface area contributed by atoms with E-state index in [9.17, 15) is 12.8 Å². The molecule has 1 heterocycles. The number of nitrogens with zero attached hydrogens (tertiary/aromatic N) is 4. The molecule has 0 bridgehead atoms. The minimum atomic E-state index is -3.96. The molecule has 0 atom stereocenters. The quantitative estimate of drug-likeness (QED) is 0.712. The van der Waals surface area contributed by atoms with E-state index in [4.69, 9.17) is 0 Å². The molecule has 10 heteroatoms. The van der Waals surface area contributed by atoms with E-state index < -0.39 is 15.8 Å². The van der Waals surface area contributed by atoms with Crippen molar-refractivity contribution < 1.29 is 12.8 Å².